The van der Waals surface area contributed by atoms with Crippen molar-refractivity contribution >= 4 is 57.7 Å². The van der Waals surface area contributed by atoms with Gasteiger partial charge in [-0.15, -0.1) is 0 Å². The van der Waals surface area contributed by atoms with Crippen molar-refractivity contribution in [1.82, 2.24) is 20.1 Å². The SMILES string of the molecule is Cc1ccc(NC(=O)N2CCCC[C@H](NC(=O)N3CCN(c4cc(N)nc5cc(Cl)ccc45)CC3)C2=O)cc1. The van der Waals surface area contributed by atoms with Gasteiger partial charge in [0.2, 0.25) is 0 Å². The number of carbonyl (C=O) groups is 3. The molecular formula is C28H32ClN7O3. The van der Waals surface area contributed by atoms with E-state index in [0.717, 1.165) is 28.6 Å². The van der Waals surface area contributed by atoms with E-state index < -0.39 is 12.1 Å². The molecule has 5 rings (SSSR count). The zero-order chi connectivity index (χ0) is 27.5. The molecular weight excluding hydrogens is 518 g/mol. The number of rotatable bonds is 3. The van der Waals surface area contributed by atoms with Crippen molar-refractivity contribution in [2.45, 2.75) is 32.2 Å². The van der Waals surface area contributed by atoms with Gasteiger partial charge >= 0.3 is 12.1 Å². The summed E-state index contributed by atoms with van der Waals surface area (Å²) in [5.41, 5.74) is 9.41. The quantitative estimate of drug-likeness (QED) is 0.449. The number of likely N-dealkylation sites (tertiary alicyclic amines) is 1. The fourth-order valence-corrected chi connectivity index (χ4v) is 5.23. The first-order valence-corrected chi connectivity index (χ1v) is 13.5. The van der Waals surface area contributed by atoms with Crippen LogP contribution in [0.2, 0.25) is 5.02 Å². The molecule has 0 aliphatic carbocycles. The van der Waals surface area contributed by atoms with Crippen LogP contribution >= 0.6 is 11.6 Å². The number of fused-ring (bicyclic) bond motifs is 1. The van der Waals surface area contributed by atoms with Crippen LogP contribution in [0.4, 0.5) is 26.8 Å². The highest BCUT2D eigenvalue weighted by Gasteiger charge is 2.33. The number of nitrogens with two attached hydrogens (primary N) is 1. The number of nitrogen functional groups attached to an aromatic ring is 1. The molecule has 0 radical (unpaired) electrons. The summed E-state index contributed by atoms with van der Waals surface area (Å²) >= 11 is 6.14. The summed E-state index contributed by atoms with van der Waals surface area (Å²) < 4.78 is 0. The maximum absolute atomic E-state index is 13.3. The third-order valence-corrected chi connectivity index (χ3v) is 7.45. The Morgan fingerprint density at radius 2 is 1.72 bits per heavy atom. The molecule has 2 fully saturated rings. The molecule has 204 valence electrons. The Bertz CT molecular complexity index is 1380. The van der Waals surface area contributed by atoms with Crippen LogP contribution in [0.5, 0.6) is 0 Å². The summed E-state index contributed by atoms with van der Waals surface area (Å²) in [6, 6.07) is 13.2. The lowest BCUT2D eigenvalue weighted by atomic mass is 10.1. The third-order valence-electron chi connectivity index (χ3n) is 7.21. The highest BCUT2D eigenvalue weighted by atomic mass is 35.5. The van der Waals surface area contributed by atoms with Crippen molar-refractivity contribution in [3.8, 4) is 0 Å². The van der Waals surface area contributed by atoms with E-state index in [2.05, 4.69) is 20.5 Å². The number of carbonyl (C=O) groups excluding carboxylic acids is 3. The highest BCUT2D eigenvalue weighted by molar-refractivity contribution is 6.31. The van der Waals surface area contributed by atoms with E-state index in [1.807, 2.05) is 37.3 Å². The smallest absolute Gasteiger partial charge is 0.328 e. The number of aryl methyl sites for hydroxylation is 1. The molecule has 0 bridgehead atoms. The van der Waals surface area contributed by atoms with Gasteiger partial charge in [0.15, 0.2) is 0 Å². The lowest BCUT2D eigenvalue weighted by Gasteiger charge is -2.37. The number of hydrogen-bond acceptors (Lipinski definition) is 6. The zero-order valence-corrected chi connectivity index (χ0v) is 22.6. The van der Waals surface area contributed by atoms with Gasteiger partial charge in [-0.05, 0) is 56.5 Å². The monoisotopic (exact) mass is 549 g/mol. The maximum atomic E-state index is 13.3. The van der Waals surface area contributed by atoms with Gasteiger partial charge in [-0.25, -0.2) is 14.6 Å². The van der Waals surface area contributed by atoms with Gasteiger partial charge in [-0.1, -0.05) is 29.3 Å². The Kier molecular flexibility index (Phi) is 7.74. The molecule has 2 aromatic carbocycles. The van der Waals surface area contributed by atoms with E-state index in [1.54, 1.807) is 23.1 Å². The van der Waals surface area contributed by atoms with E-state index in [-0.39, 0.29) is 11.9 Å². The number of aromatic nitrogens is 1. The summed E-state index contributed by atoms with van der Waals surface area (Å²) in [7, 11) is 0. The van der Waals surface area contributed by atoms with Crippen LogP contribution in [-0.2, 0) is 4.79 Å². The molecule has 5 amide bonds. The number of benzene rings is 2. The van der Waals surface area contributed by atoms with Crippen LogP contribution in [0.25, 0.3) is 10.9 Å². The molecule has 3 heterocycles. The number of imide groups is 1. The van der Waals surface area contributed by atoms with Crippen molar-refractivity contribution in [2.75, 3.05) is 48.7 Å². The standard InChI is InChI=1S/C28H32ClN7O3/c1-18-5-8-20(9-6-18)31-28(39)36-11-3-2-4-22(26(36)37)33-27(38)35-14-12-34(13-15-35)24-17-25(30)32-23-16-19(29)7-10-21(23)24/h5-10,16-17,22H,2-4,11-15H2,1H3,(H2,30,32)(H,31,39)(H,33,38)/t22-/m0/s1. The van der Waals surface area contributed by atoms with Crippen molar-refractivity contribution in [1.29, 1.82) is 0 Å². The molecule has 11 heteroatoms. The van der Waals surface area contributed by atoms with Gasteiger partial charge in [-0.3, -0.25) is 9.69 Å². The van der Waals surface area contributed by atoms with Crippen LogP contribution < -0.4 is 21.3 Å². The zero-order valence-electron chi connectivity index (χ0n) is 21.8. The van der Waals surface area contributed by atoms with Crippen molar-refractivity contribution in [2.24, 2.45) is 0 Å². The largest absolute Gasteiger partial charge is 0.384 e. The number of piperazine rings is 1. The van der Waals surface area contributed by atoms with Gasteiger partial charge in [0, 0.05) is 60.6 Å². The first-order chi connectivity index (χ1) is 18.8. The molecule has 39 heavy (non-hydrogen) atoms. The molecule has 2 saturated heterocycles. The van der Waals surface area contributed by atoms with E-state index in [4.69, 9.17) is 17.3 Å². The molecule has 0 saturated carbocycles. The van der Waals surface area contributed by atoms with Crippen molar-refractivity contribution in [3.05, 3.63) is 59.1 Å². The summed E-state index contributed by atoms with van der Waals surface area (Å²) in [6.45, 7) is 4.42. The van der Waals surface area contributed by atoms with E-state index >= 15 is 0 Å². The number of nitrogens with one attached hydrogen (secondary N) is 2. The summed E-state index contributed by atoms with van der Waals surface area (Å²) in [5.74, 6) is 0.0178. The average molecular weight is 550 g/mol. The topological polar surface area (TPSA) is 124 Å². The molecule has 10 nitrogen and oxygen atoms in total. The number of pyridine rings is 1. The van der Waals surface area contributed by atoms with Crippen LogP contribution in [0, 0.1) is 6.92 Å². The number of nitrogens with zero attached hydrogens (tertiary/aromatic N) is 4. The minimum Gasteiger partial charge on any atom is -0.384 e. The van der Waals surface area contributed by atoms with Gasteiger partial charge in [0.25, 0.3) is 5.91 Å². The van der Waals surface area contributed by atoms with Crippen LogP contribution in [0.15, 0.2) is 48.5 Å². The maximum Gasteiger partial charge on any atom is 0.328 e. The third kappa shape index (κ3) is 6.01. The molecule has 0 unspecified atom stereocenters. The van der Waals surface area contributed by atoms with Gasteiger partial charge < -0.3 is 26.2 Å². The first-order valence-electron chi connectivity index (χ1n) is 13.1. The average Bonchev–Trinajstić information content (AvgIpc) is 3.10. The Labute approximate surface area is 232 Å². The van der Waals surface area contributed by atoms with Gasteiger partial charge in [0.05, 0.1) is 5.52 Å². The Morgan fingerprint density at radius 3 is 2.46 bits per heavy atom. The predicted molar refractivity (Wildman–Crippen MR) is 153 cm³/mol. The van der Waals surface area contributed by atoms with E-state index in [0.29, 0.717) is 62.1 Å². The summed E-state index contributed by atoms with van der Waals surface area (Å²) in [4.78, 5) is 48.8. The van der Waals surface area contributed by atoms with Crippen molar-refractivity contribution < 1.29 is 14.4 Å². The van der Waals surface area contributed by atoms with Crippen LogP contribution in [0.3, 0.4) is 0 Å². The summed E-state index contributed by atoms with van der Waals surface area (Å²) in [6.07, 6.45) is 1.91. The minimum absolute atomic E-state index is 0.306. The Hall–Kier alpha value is -4.05. The lowest BCUT2D eigenvalue weighted by molar-refractivity contribution is -0.129. The molecule has 1 atom stereocenters. The normalized spacial score (nSPS) is 18.2. The molecule has 3 aromatic rings. The predicted octanol–water partition coefficient (Wildman–Crippen LogP) is 4.22. The van der Waals surface area contributed by atoms with Gasteiger partial charge in [-0.2, -0.15) is 0 Å². The van der Waals surface area contributed by atoms with Crippen molar-refractivity contribution in [3.63, 3.8) is 0 Å². The second kappa shape index (κ2) is 11.4. The molecule has 0 spiro atoms. The Balaban J connectivity index is 1.20. The number of urea groups is 2. The Morgan fingerprint density at radius 1 is 0.974 bits per heavy atom. The lowest BCUT2D eigenvalue weighted by Crippen LogP contribution is -2.56. The molecule has 1 aromatic heterocycles. The summed E-state index contributed by atoms with van der Waals surface area (Å²) in [5, 5.41) is 7.21. The number of hydrogen-bond donors (Lipinski definition) is 3. The molecule has 2 aliphatic heterocycles. The second-order valence-electron chi connectivity index (χ2n) is 9.99. The molecule has 4 N–H and O–H groups in total. The number of halogens is 1. The van der Waals surface area contributed by atoms with Crippen LogP contribution in [-0.4, -0.2) is 71.5 Å². The molecule has 2 aliphatic rings. The highest BCUT2D eigenvalue weighted by Crippen LogP contribution is 2.30. The van der Waals surface area contributed by atoms with Gasteiger partial charge in [0.1, 0.15) is 11.9 Å². The fraction of sp³-hybridized carbons (Fsp3) is 0.357. The first kappa shape index (κ1) is 26.6. The second-order valence-corrected chi connectivity index (χ2v) is 10.4. The van der Waals surface area contributed by atoms with Crippen LogP contribution in [0.1, 0.15) is 24.8 Å². The van der Waals surface area contributed by atoms with E-state index in [1.165, 1.54) is 4.90 Å². The number of anilines is 3. The minimum atomic E-state index is -0.754. The van der Waals surface area contributed by atoms with E-state index in [9.17, 15) is 14.4 Å². The fourth-order valence-electron chi connectivity index (χ4n) is 5.06. The number of amides is 5.